The first-order chi connectivity index (χ1) is 5.22. The van der Waals surface area contributed by atoms with Gasteiger partial charge in [0.2, 0.25) is 5.91 Å². The molecule has 0 radical (unpaired) electrons. The van der Waals surface area contributed by atoms with E-state index in [0.717, 1.165) is 0 Å². The van der Waals surface area contributed by atoms with E-state index >= 15 is 0 Å². The number of rotatable bonds is 4. The van der Waals surface area contributed by atoms with E-state index in [1.807, 2.05) is 0 Å². The van der Waals surface area contributed by atoms with Crippen LogP contribution in [0.3, 0.4) is 0 Å². The maximum atomic E-state index is 11.0. The first-order valence-electron chi connectivity index (χ1n) is 4.12. The van der Waals surface area contributed by atoms with Crippen molar-refractivity contribution >= 4 is 5.91 Å². The Balaban J connectivity index is 2.08. The van der Waals surface area contributed by atoms with E-state index in [0.29, 0.717) is 12.3 Å². The molecule has 3 nitrogen and oxygen atoms in total. The van der Waals surface area contributed by atoms with Gasteiger partial charge in [-0.2, -0.15) is 0 Å². The van der Waals surface area contributed by atoms with Crippen molar-refractivity contribution in [3.63, 3.8) is 0 Å². The minimum absolute atomic E-state index is 0.0242. The van der Waals surface area contributed by atoms with E-state index < -0.39 is 0 Å². The van der Waals surface area contributed by atoms with Crippen molar-refractivity contribution in [1.82, 2.24) is 5.32 Å². The molecular formula is C8H15NO2. The highest BCUT2D eigenvalue weighted by Crippen LogP contribution is 2.32. The lowest BCUT2D eigenvalue weighted by atomic mass is 10.2. The predicted molar refractivity (Wildman–Crippen MR) is 42.0 cm³/mol. The summed E-state index contributed by atoms with van der Waals surface area (Å²) in [6.45, 7) is 1.82. The van der Waals surface area contributed by atoms with Crippen LogP contribution in [0.4, 0.5) is 0 Å². The first-order valence-corrected chi connectivity index (χ1v) is 4.12. The van der Waals surface area contributed by atoms with E-state index in [4.69, 9.17) is 5.11 Å². The molecule has 1 aliphatic carbocycles. The molecule has 1 fully saturated rings. The highest BCUT2D eigenvalue weighted by atomic mass is 16.3. The van der Waals surface area contributed by atoms with Crippen LogP contribution in [0.1, 0.15) is 26.2 Å². The Morgan fingerprint density at radius 3 is 2.82 bits per heavy atom. The number of amides is 1. The Labute approximate surface area is 66.8 Å². The van der Waals surface area contributed by atoms with E-state index in [-0.39, 0.29) is 18.6 Å². The molecule has 1 rings (SSSR count). The molecule has 2 N–H and O–H groups in total. The number of hydrogen-bond donors (Lipinski definition) is 2. The number of hydrogen-bond acceptors (Lipinski definition) is 2. The van der Waals surface area contributed by atoms with Gasteiger partial charge in [0.05, 0.1) is 6.61 Å². The SMILES string of the molecule is C[C@H](CO)NC(=O)CC1CC1. The minimum Gasteiger partial charge on any atom is -0.394 e. The van der Waals surface area contributed by atoms with Gasteiger partial charge in [0.1, 0.15) is 0 Å². The summed E-state index contributed by atoms with van der Waals surface area (Å²) in [7, 11) is 0. The summed E-state index contributed by atoms with van der Waals surface area (Å²) in [6, 6.07) is -0.0961. The third-order valence-electron chi connectivity index (χ3n) is 1.85. The molecule has 0 aliphatic heterocycles. The lowest BCUT2D eigenvalue weighted by Gasteiger charge is -2.09. The summed E-state index contributed by atoms with van der Waals surface area (Å²) in [5.74, 6) is 0.704. The average molecular weight is 157 g/mol. The Morgan fingerprint density at radius 2 is 2.36 bits per heavy atom. The zero-order valence-corrected chi connectivity index (χ0v) is 6.84. The fourth-order valence-electron chi connectivity index (χ4n) is 0.964. The van der Waals surface area contributed by atoms with Crippen LogP contribution >= 0.6 is 0 Å². The summed E-state index contributed by atoms with van der Waals surface area (Å²) < 4.78 is 0. The molecule has 1 atom stereocenters. The summed E-state index contributed by atoms with van der Waals surface area (Å²) in [4.78, 5) is 11.0. The first kappa shape index (κ1) is 8.53. The van der Waals surface area contributed by atoms with Crippen molar-refractivity contribution < 1.29 is 9.90 Å². The van der Waals surface area contributed by atoms with Gasteiger partial charge in [-0.1, -0.05) is 0 Å². The number of carbonyl (C=O) groups excluding carboxylic acids is 1. The minimum atomic E-state index is -0.0961. The maximum absolute atomic E-state index is 11.0. The van der Waals surface area contributed by atoms with E-state index in [2.05, 4.69) is 5.32 Å². The van der Waals surface area contributed by atoms with Crippen LogP contribution in [0.15, 0.2) is 0 Å². The Kier molecular flexibility index (Phi) is 2.88. The lowest BCUT2D eigenvalue weighted by Crippen LogP contribution is -2.35. The second kappa shape index (κ2) is 3.72. The van der Waals surface area contributed by atoms with Crippen LogP contribution in [0.25, 0.3) is 0 Å². The summed E-state index contributed by atoms with van der Waals surface area (Å²) in [5, 5.41) is 11.3. The molecule has 64 valence electrons. The van der Waals surface area contributed by atoms with Crippen molar-refractivity contribution in [2.45, 2.75) is 32.2 Å². The number of aliphatic hydroxyl groups excluding tert-OH is 1. The van der Waals surface area contributed by atoms with Gasteiger partial charge in [-0.3, -0.25) is 4.79 Å². The fourth-order valence-corrected chi connectivity index (χ4v) is 0.964. The largest absolute Gasteiger partial charge is 0.394 e. The van der Waals surface area contributed by atoms with Crippen molar-refractivity contribution in [1.29, 1.82) is 0 Å². The Morgan fingerprint density at radius 1 is 1.73 bits per heavy atom. The van der Waals surface area contributed by atoms with Crippen LogP contribution in [0.5, 0.6) is 0 Å². The molecule has 0 unspecified atom stereocenters. The van der Waals surface area contributed by atoms with Gasteiger partial charge in [-0.15, -0.1) is 0 Å². The molecule has 3 heteroatoms. The predicted octanol–water partition coefficient (Wildman–Crippen LogP) is 0.283. The van der Waals surface area contributed by atoms with E-state index in [1.165, 1.54) is 12.8 Å². The maximum Gasteiger partial charge on any atom is 0.220 e. The van der Waals surface area contributed by atoms with Gasteiger partial charge in [-0.25, -0.2) is 0 Å². The molecule has 0 bridgehead atoms. The Bertz CT molecular complexity index is 143. The van der Waals surface area contributed by atoms with Crippen molar-refractivity contribution in [2.24, 2.45) is 5.92 Å². The van der Waals surface area contributed by atoms with Crippen LogP contribution in [-0.4, -0.2) is 23.7 Å². The average Bonchev–Trinajstić information content (AvgIpc) is 2.71. The van der Waals surface area contributed by atoms with Crippen molar-refractivity contribution in [3.8, 4) is 0 Å². The highest BCUT2D eigenvalue weighted by Gasteiger charge is 2.24. The zero-order valence-electron chi connectivity index (χ0n) is 6.84. The molecule has 0 saturated heterocycles. The number of aliphatic hydroxyl groups is 1. The number of carbonyl (C=O) groups is 1. The van der Waals surface area contributed by atoms with Gasteiger partial charge in [0, 0.05) is 12.5 Å². The van der Waals surface area contributed by atoms with Crippen LogP contribution < -0.4 is 5.32 Å². The standard InChI is InChI=1S/C8H15NO2/c1-6(5-10)9-8(11)4-7-2-3-7/h6-7,10H,2-5H2,1H3,(H,9,11)/t6-/m1/s1. The van der Waals surface area contributed by atoms with Gasteiger partial charge in [0.25, 0.3) is 0 Å². The molecule has 0 heterocycles. The van der Waals surface area contributed by atoms with Gasteiger partial charge >= 0.3 is 0 Å². The van der Waals surface area contributed by atoms with Gasteiger partial charge in [-0.05, 0) is 25.7 Å². The Hall–Kier alpha value is -0.570. The van der Waals surface area contributed by atoms with E-state index in [9.17, 15) is 4.79 Å². The molecule has 1 amide bonds. The second-order valence-corrected chi connectivity index (χ2v) is 3.30. The molecule has 1 aliphatic rings. The highest BCUT2D eigenvalue weighted by molar-refractivity contribution is 5.76. The smallest absolute Gasteiger partial charge is 0.220 e. The lowest BCUT2D eigenvalue weighted by molar-refractivity contribution is -0.122. The molecule has 11 heavy (non-hydrogen) atoms. The molecule has 0 aromatic rings. The van der Waals surface area contributed by atoms with Crippen molar-refractivity contribution in [3.05, 3.63) is 0 Å². The van der Waals surface area contributed by atoms with Gasteiger partial charge < -0.3 is 10.4 Å². The van der Waals surface area contributed by atoms with Crippen LogP contribution in [-0.2, 0) is 4.79 Å². The fraction of sp³-hybridized carbons (Fsp3) is 0.875. The second-order valence-electron chi connectivity index (χ2n) is 3.30. The third-order valence-corrected chi connectivity index (χ3v) is 1.85. The van der Waals surface area contributed by atoms with Crippen molar-refractivity contribution in [2.75, 3.05) is 6.61 Å². The number of nitrogens with one attached hydrogen (secondary N) is 1. The monoisotopic (exact) mass is 157 g/mol. The van der Waals surface area contributed by atoms with Crippen LogP contribution in [0, 0.1) is 5.92 Å². The molecule has 0 spiro atoms. The molecule has 1 saturated carbocycles. The summed E-state index contributed by atoms with van der Waals surface area (Å²) in [5.41, 5.74) is 0. The van der Waals surface area contributed by atoms with Gasteiger partial charge in [0.15, 0.2) is 0 Å². The molecular weight excluding hydrogens is 142 g/mol. The quantitative estimate of drug-likeness (QED) is 0.616. The summed E-state index contributed by atoms with van der Waals surface area (Å²) in [6.07, 6.45) is 3.03. The third kappa shape index (κ3) is 3.37. The van der Waals surface area contributed by atoms with Crippen LogP contribution in [0.2, 0.25) is 0 Å². The summed E-state index contributed by atoms with van der Waals surface area (Å²) >= 11 is 0. The zero-order chi connectivity index (χ0) is 8.27. The normalized spacial score (nSPS) is 19.5. The van der Waals surface area contributed by atoms with E-state index in [1.54, 1.807) is 6.92 Å². The molecule has 0 aromatic heterocycles. The molecule has 0 aromatic carbocycles. The topological polar surface area (TPSA) is 49.3 Å².